The van der Waals surface area contributed by atoms with Crippen LogP contribution in [0.2, 0.25) is 0 Å². The fraction of sp³-hybridized carbons (Fsp3) is 0.600. The smallest absolute Gasteiger partial charge is 0.159 e. The fourth-order valence-electron chi connectivity index (χ4n) is 4.65. The SMILES string of the molecule is Cn1c(CN2CCCC2)nnc1C1CCCN(Cc2cnn3cccnc23)C1. The lowest BCUT2D eigenvalue weighted by atomic mass is 9.97. The van der Waals surface area contributed by atoms with E-state index in [-0.39, 0.29) is 0 Å². The lowest BCUT2D eigenvalue weighted by Gasteiger charge is -2.31. The molecule has 8 heteroatoms. The van der Waals surface area contributed by atoms with Gasteiger partial charge in [-0.2, -0.15) is 5.10 Å². The van der Waals surface area contributed by atoms with Gasteiger partial charge < -0.3 is 4.57 Å². The topological polar surface area (TPSA) is 67.4 Å². The van der Waals surface area contributed by atoms with Gasteiger partial charge in [0.05, 0.1) is 12.7 Å². The molecule has 0 aliphatic carbocycles. The Bertz CT molecular complexity index is 939. The molecular formula is C20H28N8. The Hall–Kier alpha value is -2.32. The van der Waals surface area contributed by atoms with Gasteiger partial charge in [0.15, 0.2) is 5.65 Å². The summed E-state index contributed by atoms with van der Waals surface area (Å²) in [5.41, 5.74) is 2.14. The van der Waals surface area contributed by atoms with Crippen LogP contribution in [-0.2, 0) is 20.1 Å². The maximum absolute atomic E-state index is 4.59. The Morgan fingerprint density at radius 1 is 1.04 bits per heavy atom. The van der Waals surface area contributed by atoms with E-state index in [1.54, 1.807) is 0 Å². The highest BCUT2D eigenvalue weighted by atomic mass is 15.3. The van der Waals surface area contributed by atoms with E-state index in [9.17, 15) is 0 Å². The predicted molar refractivity (Wildman–Crippen MR) is 106 cm³/mol. The summed E-state index contributed by atoms with van der Waals surface area (Å²) in [7, 11) is 2.13. The maximum atomic E-state index is 4.59. The molecule has 2 aliphatic rings. The van der Waals surface area contributed by atoms with E-state index < -0.39 is 0 Å². The van der Waals surface area contributed by atoms with Crippen molar-refractivity contribution in [1.82, 2.24) is 39.2 Å². The molecule has 0 spiro atoms. The van der Waals surface area contributed by atoms with Crippen molar-refractivity contribution in [1.29, 1.82) is 0 Å². The van der Waals surface area contributed by atoms with Crippen LogP contribution < -0.4 is 0 Å². The summed E-state index contributed by atoms with van der Waals surface area (Å²) in [6.07, 6.45) is 10.7. The lowest BCUT2D eigenvalue weighted by Crippen LogP contribution is -2.35. The van der Waals surface area contributed by atoms with E-state index in [0.717, 1.165) is 43.5 Å². The van der Waals surface area contributed by atoms with Crippen molar-refractivity contribution in [3.05, 3.63) is 41.9 Å². The minimum Gasteiger partial charge on any atom is -0.317 e. The number of rotatable bonds is 5. The first kappa shape index (κ1) is 17.8. The molecule has 0 radical (unpaired) electrons. The summed E-state index contributed by atoms with van der Waals surface area (Å²) >= 11 is 0. The lowest BCUT2D eigenvalue weighted by molar-refractivity contribution is 0.195. The molecular weight excluding hydrogens is 352 g/mol. The van der Waals surface area contributed by atoms with E-state index in [1.165, 1.54) is 44.3 Å². The molecule has 1 atom stereocenters. The monoisotopic (exact) mass is 380 g/mol. The molecule has 2 aliphatic heterocycles. The van der Waals surface area contributed by atoms with Crippen molar-refractivity contribution in [3.8, 4) is 0 Å². The van der Waals surface area contributed by atoms with Crippen LogP contribution in [0.5, 0.6) is 0 Å². The summed E-state index contributed by atoms with van der Waals surface area (Å²) in [5, 5.41) is 13.5. The van der Waals surface area contributed by atoms with Crippen molar-refractivity contribution in [2.45, 2.75) is 44.7 Å². The van der Waals surface area contributed by atoms with Gasteiger partial charge in [-0.25, -0.2) is 9.50 Å². The highest BCUT2D eigenvalue weighted by Gasteiger charge is 2.27. The quantitative estimate of drug-likeness (QED) is 0.673. The molecule has 148 valence electrons. The molecule has 3 aromatic heterocycles. The van der Waals surface area contributed by atoms with Crippen molar-refractivity contribution >= 4 is 5.65 Å². The minimum absolute atomic E-state index is 0.438. The summed E-state index contributed by atoms with van der Waals surface area (Å²) in [4.78, 5) is 9.49. The van der Waals surface area contributed by atoms with Gasteiger partial charge in [0, 0.05) is 44.0 Å². The van der Waals surface area contributed by atoms with Gasteiger partial charge in [0.25, 0.3) is 0 Å². The Labute approximate surface area is 165 Å². The van der Waals surface area contributed by atoms with Crippen molar-refractivity contribution in [2.24, 2.45) is 7.05 Å². The number of nitrogens with zero attached hydrogens (tertiary/aromatic N) is 8. The summed E-state index contributed by atoms with van der Waals surface area (Å²) in [5.74, 6) is 2.67. The van der Waals surface area contributed by atoms with Gasteiger partial charge in [0.2, 0.25) is 0 Å². The molecule has 0 N–H and O–H groups in total. The molecule has 5 heterocycles. The Morgan fingerprint density at radius 3 is 2.79 bits per heavy atom. The molecule has 0 saturated carbocycles. The molecule has 28 heavy (non-hydrogen) atoms. The number of likely N-dealkylation sites (tertiary alicyclic amines) is 2. The van der Waals surface area contributed by atoms with E-state index in [2.05, 4.69) is 41.7 Å². The Balaban J connectivity index is 1.28. The van der Waals surface area contributed by atoms with Crippen molar-refractivity contribution in [3.63, 3.8) is 0 Å². The van der Waals surface area contributed by atoms with E-state index in [0.29, 0.717) is 5.92 Å². The van der Waals surface area contributed by atoms with Crippen LogP contribution in [0.4, 0.5) is 0 Å². The molecule has 3 aromatic rings. The highest BCUT2D eigenvalue weighted by Crippen LogP contribution is 2.27. The predicted octanol–water partition coefficient (Wildman–Crippen LogP) is 1.83. The van der Waals surface area contributed by atoms with Gasteiger partial charge in [-0.15, -0.1) is 10.2 Å². The third-order valence-corrected chi connectivity index (χ3v) is 6.18. The summed E-state index contributed by atoms with van der Waals surface area (Å²) in [6, 6.07) is 1.91. The molecule has 1 unspecified atom stereocenters. The number of aromatic nitrogens is 6. The zero-order chi connectivity index (χ0) is 18.9. The highest BCUT2D eigenvalue weighted by molar-refractivity contribution is 5.45. The molecule has 0 aromatic carbocycles. The van der Waals surface area contributed by atoms with E-state index in [4.69, 9.17) is 0 Å². The second kappa shape index (κ2) is 7.60. The zero-order valence-corrected chi connectivity index (χ0v) is 16.5. The summed E-state index contributed by atoms with van der Waals surface area (Å²) in [6.45, 7) is 6.31. The number of piperidine rings is 1. The van der Waals surface area contributed by atoms with Crippen molar-refractivity contribution < 1.29 is 0 Å². The minimum atomic E-state index is 0.438. The van der Waals surface area contributed by atoms with Crippen LogP contribution >= 0.6 is 0 Å². The molecule has 0 amide bonds. The van der Waals surface area contributed by atoms with Gasteiger partial charge >= 0.3 is 0 Å². The van der Waals surface area contributed by atoms with Gasteiger partial charge in [-0.3, -0.25) is 9.80 Å². The third kappa shape index (κ3) is 3.42. The Morgan fingerprint density at radius 2 is 1.89 bits per heavy atom. The first-order chi connectivity index (χ1) is 13.8. The second-order valence-corrected chi connectivity index (χ2v) is 8.15. The fourth-order valence-corrected chi connectivity index (χ4v) is 4.65. The Kier molecular flexibility index (Phi) is 4.82. The van der Waals surface area contributed by atoms with Crippen LogP contribution in [0, 0.1) is 0 Å². The first-order valence-corrected chi connectivity index (χ1v) is 10.4. The second-order valence-electron chi connectivity index (χ2n) is 8.15. The van der Waals surface area contributed by atoms with Crippen LogP contribution in [0.3, 0.4) is 0 Å². The number of hydrogen-bond donors (Lipinski definition) is 0. The average Bonchev–Trinajstić information content (AvgIpc) is 3.45. The van der Waals surface area contributed by atoms with Crippen LogP contribution in [0.15, 0.2) is 24.7 Å². The largest absolute Gasteiger partial charge is 0.317 e. The van der Waals surface area contributed by atoms with Gasteiger partial charge in [0.1, 0.15) is 11.6 Å². The molecule has 8 nitrogen and oxygen atoms in total. The van der Waals surface area contributed by atoms with Crippen molar-refractivity contribution in [2.75, 3.05) is 26.2 Å². The van der Waals surface area contributed by atoms with Gasteiger partial charge in [-0.1, -0.05) is 0 Å². The van der Waals surface area contributed by atoms with E-state index in [1.807, 2.05) is 29.2 Å². The normalized spacial score (nSPS) is 21.7. The van der Waals surface area contributed by atoms with Crippen LogP contribution in [-0.4, -0.2) is 65.3 Å². The number of hydrogen-bond acceptors (Lipinski definition) is 6. The molecule has 2 fully saturated rings. The molecule has 2 saturated heterocycles. The van der Waals surface area contributed by atoms with Gasteiger partial charge in [-0.05, 0) is 51.4 Å². The van der Waals surface area contributed by atoms with E-state index >= 15 is 0 Å². The average molecular weight is 381 g/mol. The standard InChI is InChI=1S/C20H28N8/c1-25-18(15-26-8-2-3-9-26)23-24-20(25)16-6-4-10-27(13-16)14-17-12-22-28-11-5-7-21-19(17)28/h5,7,11-12,16H,2-4,6,8-10,13-15H2,1H3. The molecule has 0 bridgehead atoms. The van der Waals surface area contributed by atoms with Crippen LogP contribution in [0.25, 0.3) is 5.65 Å². The first-order valence-electron chi connectivity index (χ1n) is 10.4. The number of fused-ring (bicyclic) bond motifs is 1. The molecule has 5 rings (SSSR count). The summed E-state index contributed by atoms with van der Waals surface area (Å²) < 4.78 is 4.09. The van der Waals surface area contributed by atoms with Crippen LogP contribution in [0.1, 0.15) is 48.8 Å². The maximum Gasteiger partial charge on any atom is 0.159 e. The zero-order valence-electron chi connectivity index (χ0n) is 16.5. The third-order valence-electron chi connectivity index (χ3n) is 6.18.